The van der Waals surface area contributed by atoms with Crippen LogP contribution in [0.25, 0.3) is 0 Å². The van der Waals surface area contributed by atoms with Crippen LogP contribution in [-0.4, -0.2) is 17.8 Å². The zero-order valence-corrected chi connectivity index (χ0v) is 9.55. The molecule has 1 fully saturated rings. The van der Waals surface area contributed by atoms with Crippen LogP contribution >= 0.6 is 0 Å². The highest BCUT2D eigenvalue weighted by Gasteiger charge is 2.49. The Bertz CT molecular complexity index is 340. The number of hydrogen-bond donors (Lipinski definition) is 2. The Morgan fingerprint density at radius 3 is 2.12 bits per heavy atom. The second-order valence-electron chi connectivity index (χ2n) is 4.20. The van der Waals surface area contributed by atoms with E-state index >= 15 is 0 Å². The molecule has 0 aromatic rings. The van der Waals surface area contributed by atoms with Crippen molar-refractivity contribution in [2.75, 3.05) is 0 Å². The monoisotopic (exact) mass is 224 g/mol. The number of rotatable bonds is 4. The lowest BCUT2D eigenvalue weighted by molar-refractivity contribution is -0.144. The first kappa shape index (κ1) is 12.4. The van der Waals surface area contributed by atoms with E-state index in [0.717, 1.165) is 5.57 Å². The summed E-state index contributed by atoms with van der Waals surface area (Å²) in [7, 11) is 0. The van der Waals surface area contributed by atoms with Crippen LogP contribution in [0.15, 0.2) is 12.2 Å². The molecule has 1 heterocycles. The van der Waals surface area contributed by atoms with Crippen molar-refractivity contribution in [3.05, 3.63) is 12.2 Å². The van der Waals surface area contributed by atoms with E-state index in [-0.39, 0.29) is 6.42 Å². The van der Waals surface area contributed by atoms with Gasteiger partial charge in [0.15, 0.2) is 0 Å². The third-order valence-electron chi connectivity index (χ3n) is 2.60. The predicted octanol–water partition coefficient (Wildman–Crippen LogP) is 1.11. The van der Waals surface area contributed by atoms with Gasteiger partial charge in [-0.1, -0.05) is 18.9 Å². The highest BCUT2D eigenvalue weighted by Crippen LogP contribution is 2.33. The van der Waals surface area contributed by atoms with E-state index in [0.29, 0.717) is 12.8 Å². The lowest BCUT2D eigenvalue weighted by Gasteiger charge is -2.33. The van der Waals surface area contributed by atoms with E-state index in [2.05, 4.69) is 17.2 Å². The van der Waals surface area contributed by atoms with E-state index < -0.39 is 23.3 Å². The maximum absolute atomic E-state index is 11.8. The van der Waals surface area contributed by atoms with E-state index in [1.165, 1.54) is 0 Å². The largest absolute Gasteiger partial charge is 0.328 e. The van der Waals surface area contributed by atoms with Crippen LogP contribution < -0.4 is 10.6 Å². The Morgan fingerprint density at radius 2 is 1.75 bits per heavy atom. The smallest absolute Gasteiger partial charge is 0.277 e. The third kappa shape index (κ3) is 2.13. The number of barbiturate groups is 1. The number of allylic oxidation sites excluding steroid dienone is 1. The molecule has 0 atom stereocenters. The SMILES string of the molecule is C=C(C)CC1(CCC)C(=O)NC(=O)NC1=O. The zero-order valence-electron chi connectivity index (χ0n) is 9.55. The summed E-state index contributed by atoms with van der Waals surface area (Å²) in [5.74, 6) is -1.04. The van der Waals surface area contributed by atoms with Gasteiger partial charge in [-0.3, -0.25) is 20.2 Å². The maximum atomic E-state index is 11.8. The Morgan fingerprint density at radius 1 is 1.25 bits per heavy atom. The lowest BCUT2D eigenvalue weighted by Crippen LogP contribution is -2.62. The fourth-order valence-corrected chi connectivity index (χ4v) is 2.00. The third-order valence-corrected chi connectivity index (χ3v) is 2.60. The summed E-state index contributed by atoms with van der Waals surface area (Å²) in [6, 6.07) is -0.747. The normalized spacial score (nSPS) is 19.0. The molecule has 4 amide bonds. The van der Waals surface area contributed by atoms with E-state index in [1.807, 2.05) is 6.92 Å². The molecular formula is C11H16N2O3. The fourth-order valence-electron chi connectivity index (χ4n) is 2.00. The van der Waals surface area contributed by atoms with Crippen molar-refractivity contribution in [3.63, 3.8) is 0 Å². The van der Waals surface area contributed by atoms with Crippen LogP contribution in [-0.2, 0) is 9.59 Å². The van der Waals surface area contributed by atoms with Gasteiger partial charge < -0.3 is 0 Å². The standard InChI is InChI=1S/C11H16N2O3/c1-4-5-11(6-7(2)3)8(14)12-10(16)13-9(11)15/h2,4-6H2,1,3H3,(H2,12,13,14,15,16). The molecule has 16 heavy (non-hydrogen) atoms. The molecule has 0 unspecified atom stereocenters. The van der Waals surface area contributed by atoms with Gasteiger partial charge in [0.25, 0.3) is 0 Å². The van der Waals surface area contributed by atoms with Crippen molar-refractivity contribution in [2.24, 2.45) is 5.41 Å². The van der Waals surface area contributed by atoms with Crippen LogP contribution in [0.5, 0.6) is 0 Å². The number of nitrogens with one attached hydrogen (secondary N) is 2. The molecular weight excluding hydrogens is 208 g/mol. The summed E-state index contributed by atoms with van der Waals surface area (Å²) in [6.45, 7) is 7.36. The number of amides is 4. The first-order valence-electron chi connectivity index (χ1n) is 5.23. The van der Waals surface area contributed by atoms with Crippen molar-refractivity contribution in [1.29, 1.82) is 0 Å². The minimum atomic E-state index is -1.17. The maximum Gasteiger partial charge on any atom is 0.328 e. The average Bonchev–Trinajstić information content (AvgIpc) is 2.13. The number of imide groups is 2. The van der Waals surface area contributed by atoms with Crippen molar-refractivity contribution in [2.45, 2.75) is 33.1 Å². The molecule has 0 aromatic heterocycles. The lowest BCUT2D eigenvalue weighted by atomic mass is 9.75. The topological polar surface area (TPSA) is 75.3 Å². The summed E-state index contributed by atoms with van der Waals surface area (Å²) in [5, 5.41) is 4.28. The molecule has 2 N–H and O–H groups in total. The Hall–Kier alpha value is -1.65. The number of carbonyl (C=O) groups is 3. The van der Waals surface area contributed by atoms with Crippen molar-refractivity contribution < 1.29 is 14.4 Å². The second-order valence-corrected chi connectivity index (χ2v) is 4.20. The van der Waals surface area contributed by atoms with Gasteiger partial charge in [-0.2, -0.15) is 0 Å². The summed E-state index contributed by atoms with van der Waals surface area (Å²) in [4.78, 5) is 34.6. The molecule has 0 radical (unpaired) electrons. The van der Waals surface area contributed by atoms with Crippen molar-refractivity contribution >= 4 is 17.8 Å². The first-order chi connectivity index (χ1) is 7.42. The minimum absolute atomic E-state index is 0.270. The van der Waals surface area contributed by atoms with E-state index in [9.17, 15) is 14.4 Å². The Labute approximate surface area is 94.3 Å². The van der Waals surface area contributed by atoms with Gasteiger partial charge in [-0.15, -0.1) is 6.58 Å². The van der Waals surface area contributed by atoms with E-state index in [1.54, 1.807) is 6.92 Å². The van der Waals surface area contributed by atoms with Crippen LogP contribution in [0.2, 0.25) is 0 Å². The van der Waals surface area contributed by atoms with Gasteiger partial charge in [0.2, 0.25) is 11.8 Å². The quantitative estimate of drug-likeness (QED) is 0.554. The Balaban J connectivity index is 3.06. The number of hydrogen-bond acceptors (Lipinski definition) is 3. The van der Waals surface area contributed by atoms with Crippen LogP contribution in [0.1, 0.15) is 33.1 Å². The number of carbonyl (C=O) groups excluding carboxylic acids is 3. The van der Waals surface area contributed by atoms with Gasteiger partial charge in [-0.05, 0) is 19.8 Å². The molecule has 1 aliphatic rings. The van der Waals surface area contributed by atoms with E-state index in [4.69, 9.17) is 0 Å². The van der Waals surface area contributed by atoms with Gasteiger partial charge in [0, 0.05) is 0 Å². The summed E-state index contributed by atoms with van der Waals surface area (Å²) < 4.78 is 0. The van der Waals surface area contributed by atoms with Crippen molar-refractivity contribution in [3.8, 4) is 0 Å². The molecule has 0 bridgehead atoms. The van der Waals surface area contributed by atoms with Crippen molar-refractivity contribution in [1.82, 2.24) is 10.6 Å². The highest BCUT2D eigenvalue weighted by molar-refractivity contribution is 6.19. The molecule has 88 valence electrons. The van der Waals surface area contributed by atoms with Gasteiger partial charge in [0.1, 0.15) is 5.41 Å². The molecule has 1 aliphatic heterocycles. The van der Waals surface area contributed by atoms with Crippen LogP contribution in [0.3, 0.4) is 0 Å². The molecule has 5 heteroatoms. The molecule has 1 saturated heterocycles. The van der Waals surface area contributed by atoms with Gasteiger partial charge in [0.05, 0.1) is 0 Å². The molecule has 0 aliphatic carbocycles. The zero-order chi connectivity index (χ0) is 12.3. The number of urea groups is 1. The highest BCUT2D eigenvalue weighted by atomic mass is 16.2. The molecule has 0 aromatic carbocycles. The molecule has 1 rings (SSSR count). The molecule has 0 spiro atoms. The van der Waals surface area contributed by atoms with Gasteiger partial charge in [-0.25, -0.2) is 4.79 Å². The predicted molar refractivity (Wildman–Crippen MR) is 58.5 cm³/mol. The summed E-state index contributed by atoms with van der Waals surface area (Å²) in [6.07, 6.45) is 1.36. The second kappa shape index (κ2) is 4.47. The molecule has 0 saturated carbocycles. The van der Waals surface area contributed by atoms with Crippen LogP contribution in [0, 0.1) is 5.41 Å². The van der Waals surface area contributed by atoms with Gasteiger partial charge >= 0.3 is 6.03 Å². The van der Waals surface area contributed by atoms with Crippen LogP contribution in [0.4, 0.5) is 4.79 Å². The Kier molecular flexibility index (Phi) is 3.47. The fraction of sp³-hybridized carbons (Fsp3) is 0.545. The first-order valence-corrected chi connectivity index (χ1v) is 5.23. The average molecular weight is 224 g/mol. The summed E-state index contributed by atoms with van der Waals surface area (Å²) >= 11 is 0. The molecule has 5 nitrogen and oxygen atoms in total. The minimum Gasteiger partial charge on any atom is -0.277 e. The summed E-state index contributed by atoms with van der Waals surface area (Å²) in [5.41, 5.74) is -0.429.